The summed E-state index contributed by atoms with van der Waals surface area (Å²) in [5.74, 6) is 1.38. The number of aromatic amines is 1. The van der Waals surface area contributed by atoms with E-state index in [-0.39, 0.29) is 17.5 Å². The van der Waals surface area contributed by atoms with Gasteiger partial charge >= 0.3 is 0 Å². The Kier molecular flexibility index (Phi) is 5.13. The van der Waals surface area contributed by atoms with E-state index >= 15 is 0 Å². The van der Waals surface area contributed by atoms with E-state index in [1.807, 2.05) is 6.92 Å². The highest BCUT2D eigenvalue weighted by atomic mass is 19.1. The number of methoxy groups -OCH3 is 1. The molecule has 0 bridgehead atoms. The number of carbonyl (C=O) groups excluding carboxylic acids is 1. The summed E-state index contributed by atoms with van der Waals surface area (Å²) >= 11 is 0. The van der Waals surface area contributed by atoms with Crippen LogP contribution in [0.5, 0.6) is 23.1 Å². The first-order valence-corrected chi connectivity index (χ1v) is 10.4. The number of halogens is 1. The third-order valence-corrected chi connectivity index (χ3v) is 5.87. The lowest BCUT2D eigenvalue weighted by atomic mass is 9.76. The highest BCUT2D eigenvalue weighted by molar-refractivity contribution is 5.87. The summed E-state index contributed by atoms with van der Waals surface area (Å²) in [6, 6.07) is 8.56. The van der Waals surface area contributed by atoms with Gasteiger partial charge in [0.1, 0.15) is 12.6 Å². The van der Waals surface area contributed by atoms with Crippen molar-refractivity contribution in [2.45, 2.75) is 19.8 Å². The molecule has 1 aliphatic rings. The second kappa shape index (κ2) is 8.11. The predicted molar refractivity (Wildman–Crippen MR) is 117 cm³/mol. The van der Waals surface area contributed by atoms with Crippen LogP contribution in [0.1, 0.15) is 18.5 Å². The van der Waals surface area contributed by atoms with E-state index in [2.05, 4.69) is 15.0 Å². The van der Waals surface area contributed by atoms with Gasteiger partial charge in [-0.05, 0) is 49.9 Å². The Morgan fingerprint density at radius 1 is 1.12 bits per heavy atom. The first-order valence-electron chi connectivity index (χ1n) is 10.4. The van der Waals surface area contributed by atoms with Gasteiger partial charge in [-0.25, -0.2) is 14.4 Å². The Morgan fingerprint density at radius 2 is 1.97 bits per heavy atom. The smallest absolute Gasteiger partial charge is 0.230 e. The van der Waals surface area contributed by atoms with E-state index < -0.39 is 5.82 Å². The SMILES string of the molecule is COc1cc2c(Oc3ccc4[nH]c(C)cc4c3F)ncnc2cc1OCC1CC(C=O)C1. The molecule has 1 N–H and O–H groups in total. The number of nitrogens with one attached hydrogen (secondary N) is 1. The second-order valence-electron chi connectivity index (χ2n) is 8.14. The number of carbonyl (C=O) groups is 1. The first kappa shape index (κ1) is 20.2. The van der Waals surface area contributed by atoms with Crippen molar-refractivity contribution in [3.63, 3.8) is 0 Å². The number of H-pyrrole nitrogens is 1. The number of fused-ring (bicyclic) bond motifs is 2. The van der Waals surface area contributed by atoms with Gasteiger partial charge in [0.25, 0.3) is 0 Å². The third-order valence-electron chi connectivity index (χ3n) is 5.87. The molecule has 2 heterocycles. The highest BCUT2D eigenvalue weighted by Crippen LogP contribution is 2.39. The third kappa shape index (κ3) is 3.62. The maximum Gasteiger partial charge on any atom is 0.230 e. The van der Waals surface area contributed by atoms with E-state index in [0.717, 1.165) is 24.8 Å². The van der Waals surface area contributed by atoms with Crippen molar-refractivity contribution < 1.29 is 23.4 Å². The molecule has 2 aromatic carbocycles. The van der Waals surface area contributed by atoms with Crippen molar-refractivity contribution >= 4 is 28.1 Å². The molecule has 32 heavy (non-hydrogen) atoms. The Bertz CT molecular complexity index is 1310. The lowest BCUT2D eigenvalue weighted by Gasteiger charge is -2.31. The van der Waals surface area contributed by atoms with Gasteiger partial charge in [0.05, 0.1) is 24.6 Å². The molecule has 5 rings (SSSR count). The van der Waals surface area contributed by atoms with Crippen LogP contribution in [0, 0.1) is 24.6 Å². The van der Waals surface area contributed by atoms with Gasteiger partial charge in [-0.2, -0.15) is 0 Å². The van der Waals surface area contributed by atoms with Crippen LogP contribution < -0.4 is 14.2 Å². The number of benzene rings is 2. The minimum Gasteiger partial charge on any atom is -0.493 e. The quantitative estimate of drug-likeness (QED) is 0.413. The minimum atomic E-state index is -0.459. The predicted octanol–water partition coefficient (Wildman–Crippen LogP) is 4.96. The molecular weight excluding hydrogens is 413 g/mol. The molecule has 1 saturated carbocycles. The van der Waals surface area contributed by atoms with Crippen molar-refractivity contribution in [1.29, 1.82) is 0 Å². The van der Waals surface area contributed by atoms with Crippen LogP contribution in [0.4, 0.5) is 4.39 Å². The molecule has 0 atom stereocenters. The number of hydrogen-bond donors (Lipinski definition) is 1. The molecule has 0 unspecified atom stereocenters. The topological polar surface area (TPSA) is 86.3 Å². The van der Waals surface area contributed by atoms with Crippen molar-refractivity contribution in [2.75, 3.05) is 13.7 Å². The highest BCUT2D eigenvalue weighted by Gasteiger charge is 2.29. The molecule has 0 aliphatic heterocycles. The van der Waals surface area contributed by atoms with E-state index in [1.165, 1.54) is 6.33 Å². The fourth-order valence-corrected chi connectivity index (χ4v) is 4.11. The Morgan fingerprint density at radius 3 is 2.75 bits per heavy atom. The number of nitrogens with zero attached hydrogens (tertiary/aromatic N) is 2. The summed E-state index contributed by atoms with van der Waals surface area (Å²) in [6.45, 7) is 2.37. The lowest BCUT2D eigenvalue weighted by molar-refractivity contribution is -0.114. The summed E-state index contributed by atoms with van der Waals surface area (Å²) in [5, 5.41) is 1.03. The van der Waals surface area contributed by atoms with Crippen LogP contribution in [0.2, 0.25) is 0 Å². The maximum atomic E-state index is 15.0. The number of aryl methyl sites for hydroxylation is 1. The average molecular weight is 435 g/mol. The Balaban J connectivity index is 1.44. The van der Waals surface area contributed by atoms with Crippen LogP contribution in [0.15, 0.2) is 36.7 Å². The fraction of sp³-hybridized carbons (Fsp3) is 0.292. The summed E-state index contributed by atoms with van der Waals surface area (Å²) in [6.07, 6.45) is 4.06. The second-order valence-corrected chi connectivity index (χ2v) is 8.14. The zero-order chi connectivity index (χ0) is 22.2. The van der Waals surface area contributed by atoms with Gasteiger partial charge < -0.3 is 24.0 Å². The normalized spacial score (nSPS) is 17.8. The number of hydrogen-bond acceptors (Lipinski definition) is 6. The van der Waals surface area contributed by atoms with E-state index in [0.29, 0.717) is 45.8 Å². The molecule has 0 spiro atoms. The maximum absolute atomic E-state index is 15.0. The number of aldehydes is 1. The van der Waals surface area contributed by atoms with Gasteiger partial charge in [-0.1, -0.05) is 0 Å². The van der Waals surface area contributed by atoms with Crippen molar-refractivity contribution in [1.82, 2.24) is 15.0 Å². The molecular formula is C24H22FN3O4. The number of aromatic nitrogens is 3. The summed E-state index contributed by atoms with van der Waals surface area (Å²) in [7, 11) is 1.55. The molecule has 4 aromatic rings. The average Bonchev–Trinajstić information content (AvgIpc) is 3.15. The number of rotatable bonds is 7. The van der Waals surface area contributed by atoms with Gasteiger partial charge in [0.2, 0.25) is 5.88 Å². The molecule has 1 fully saturated rings. The minimum absolute atomic E-state index is 0.0745. The summed E-state index contributed by atoms with van der Waals surface area (Å²) < 4.78 is 32.3. The van der Waals surface area contributed by atoms with Gasteiger partial charge in [0.15, 0.2) is 23.1 Å². The first-order chi connectivity index (χ1) is 15.6. The molecule has 164 valence electrons. The zero-order valence-corrected chi connectivity index (χ0v) is 17.7. The van der Waals surface area contributed by atoms with E-state index in [9.17, 15) is 9.18 Å². The Labute approximate surface area is 183 Å². The summed E-state index contributed by atoms with van der Waals surface area (Å²) in [4.78, 5) is 22.4. The standard InChI is InChI=1S/C24H22FN3O4/c1-13-5-16-18(28-13)3-4-20(23(16)25)32-24-17-8-21(30-2)22(9-19(17)26-12-27-24)31-11-15-6-14(7-15)10-29/h3-5,8-10,12,14-15,28H,6-7,11H2,1-2H3. The van der Waals surface area contributed by atoms with Crippen LogP contribution in [0.3, 0.4) is 0 Å². The lowest BCUT2D eigenvalue weighted by Crippen LogP contribution is -2.29. The molecule has 0 radical (unpaired) electrons. The largest absolute Gasteiger partial charge is 0.493 e. The molecule has 0 amide bonds. The van der Waals surface area contributed by atoms with Crippen molar-refractivity contribution in [3.8, 4) is 23.1 Å². The van der Waals surface area contributed by atoms with Crippen LogP contribution in [-0.2, 0) is 4.79 Å². The van der Waals surface area contributed by atoms with Gasteiger partial charge in [0, 0.05) is 28.6 Å². The van der Waals surface area contributed by atoms with Crippen LogP contribution >= 0.6 is 0 Å². The van der Waals surface area contributed by atoms with E-state index in [1.54, 1.807) is 37.4 Å². The van der Waals surface area contributed by atoms with Gasteiger partial charge in [-0.3, -0.25) is 0 Å². The van der Waals surface area contributed by atoms with Crippen molar-refractivity contribution in [3.05, 3.63) is 48.2 Å². The Hall–Kier alpha value is -3.68. The van der Waals surface area contributed by atoms with Crippen molar-refractivity contribution in [2.24, 2.45) is 11.8 Å². The molecule has 7 nitrogen and oxygen atoms in total. The van der Waals surface area contributed by atoms with Crippen LogP contribution in [-0.4, -0.2) is 35.0 Å². The summed E-state index contributed by atoms with van der Waals surface area (Å²) in [5.41, 5.74) is 2.16. The molecule has 2 aromatic heterocycles. The molecule has 1 aliphatic carbocycles. The zero-order valence-electron chi connectivity index (χ0n) is 17.7. The number of ether oxygens (including phenoxy) is 3. The molecule has 8 heteroatoms. The molecule has 0 saturated heterocycles. The van der Waals surface area contributed by atoms with E-state index in [4.69, 9.17) is 14.2 Å². The van der Waals surface area contributed by atoms with Crippen LogP contribution in [0.25, 0.3) is 21.8 Å². The monoisotopic (exact) mass is 435 g/mol. The van der Waals surface area contributed by atoms with Gasteiger partial charge in [-0.15, -0.1) is 0 Å². The fourth-order valence-electron chi connectivity index (χ4n) is 4.11.